The van der Waals surface area contributed by atoms with E-state index in [1.165, 1.54) is 0 Å². The maximum atomic E-state index is 13.6. The van der Waals surface area contributed by atoms with E-state index in [-0.39, 0.29) is 18.2 Å². The minimum atomic E-state index is -0.480. The Balaban J connectivity index is 2.43. The third-order valence-corrected chi connectivity index (χ3v) is 2.26. The van der Waals surface area contributed by atoms with Gasteiger partial charge in [-0.25, -0.2) is 4.39 Å². The summed E-state index contributed by atoms with van der Waals surface area (Å²) >= 11 is 0. The van der Waals surface area contributed by atoms with Crippen molar-refractivity contribution in [1.29, 1.82) is 0 Å². The summed E-state index contributed by atoms with van der Waals surface area (Å²) in [5.41, 5.74) is 0.516. The zero-order valence-electron chi connectivity index (χ0n) is 11.3. The third kappa shape index (κ3) is 4.73. The molecule has 0 radical (unpaired) electrons. The van der Waals surface area contributed by atoms with Gasteiger partial charge in [0.25, 0.3) is 0 Å². The molecule has 1 N–H and O–H groups in total. The summed E-state index contributed by atoms with van der Waals surface area (Å²) < 4.78 is 18.8. The standard InChI is InChI=1S/C14H20FNO2/c1-10-6-5-7-11(13(10)15)16-9-8-12(17)18-14(2,3)4/h5-7,16H,8-9H2,1-4H3. The fourth-order valence-electron chi connectivity index (χ4n) is 1.48. The third-order valence-electron chi connectivity index (χ3n) is 2.26. The van der Waals surface area contributed by atoms with Gasteiger partial charge in [0.1, 0.15) is 11.4 Å². The smallest absolute Gasteiger partial charge is 0.308 e. The van der Waals surface area contributed by atoms with Crippen molar-refractivity contribution in [1.82, 2.24) is 0 Å². The number of esters is 1. The molecule has 0 aliphatic rings. The molecule has 0 unspecified atom stereocenters. The van der Waals surface area contributed by atoms with E-state index >= 15 is 0 Å². The van der Waals surface area contributed by atoms with Crippen LogP contribution in [0.5, 0.6) is 0 Å². The van der Waals surface area contributed by atoms with Crippen LogP contribution in [0.25, 0.3) is 0 Å². The Hall–Kier alpha value is -1.58. The van der Waals surface area contributed by atoms with Crippen LogP contribution < -0.4 is 5.32 Å². The number of aryl methyl sites for hydroxylation is 1. The Morgan fingerprint density at radius 1 is 1.39 bits per heavy atom. The van der Waals surface area contributed by atoms with E-state index in [0.29, 0.717) is 17.8 Å². The first-order chi connectivity index (χ1) is 8.29. The number of ether oxygens (including phenoxy) is 1. The molecule has 0 aliphatic heterocycles. The van der Waals surface area contributed by atoms with Crippen molar-refractivity contribution in [3.8, 4) is 0 Å². The normalized spacial score (nSPS) is 11.2. The molecule has 0 fully saturated rings. The number of hydrogen-bond acceptors (Lipinski definition) is 3. The second-order valence-electron chi connectivity index (χ2n) is 5.20. The Morgan fingerprint density at radius 3 is 2.67 bits per heavy atom. The molecule has 4 heteroatoms. The summed E-state index contributed by atoms with van der Waals surface area (Å²) in [5, 5.41) is 2.89. The summed E-state index contributed by atoms with van der Waals surface area (Å²) in [5.74, 6) is -0.565. The van der Waals surface area contributed by atoms with Gasteiger partial charge >= 0.3 is 5.97 Å². The first kappa shape index (κ1) is 14.5. The van der Waals surface area contributed by atoms with E-state index in [4.69, 9.17) is 4.74 Å². The van der Waals surface area contributed by atoms with Crippen molar-refractivity contribution in [2.45, 2.75) is 39.7 Å². The molecule has 18 heavy (non-hydrogen) atoms. The highest BCUT2D eigenvalue weighted by atomic mass is 19.1. The lowest BCUT2D eigenvalue weighted by atomic mass is 10.2. The molecule has 0 atom stereocenters. The van der Waals surface area contributed by atoms with Crippen LogP contribution >= 0.6 is 0 Å². The van der Waals surface area contributed by atoms with E-state index in [0.717, 1.165) is 0 Å². The van der Waals surface area contributed by atoms with Crippen LogP contribution in [0.15, 0.2) is 18.2 Å². The lowest BCUT2D eigenvalue weighted by Gasteiger charge is -2.19. The van der Waals surface area contributed by atoms with Crippen molar-refractivity contribution in [2.75, 3.05) is 11.9 Å². The second kappa shape index (κ2) is 5.85. The molecule has 0 aliphatic carbocycles. The Kier molecular flexibility index (Phi) is 4.70. The number of rotatable bonds is 4. The van der Waals surface area contributed by atoms with Crippen molar-refractivity contribution in [2.24, 2.45) is 0 Å². The number of anilines is 1. The van der Waals surface area contributed by atoms with Gasteiger partial charge in [0.2, 0.25) is 0 Å². The number of carbonyl (C=O) groups is 1. The minimum absolute atomic E-state index is 0.213. The van der Waals surface area contributed by atoms with Gasteiger partial charge in [-0.1, -0.05) is 12.1 Å². The predicted molar refractivity (Wildman–Crippen MR) is 70.1 cm³/mol. The molecule has 1 aromatic carbocycles. The van der Waals surface area contributed by atoms with Crippen molar-refractivity contribution >= 4 is 11.7 Å². The number of nitrogens with one attached hydrogen (secondary N) is 1. The molecule has 0 amide bonds. The summed E-state index contributed by atoms with van der Waals surface area (Å²) in [4.78, 5) is 11.4. The van der Waals surface area contributed by atoms with E-state index < -0.39 is 5.60 Å². The molecule has 0 spiro atoms. The molecule has 0 heterocycles. The van der Waals surface area contributed by atoms with Crippen LogP contribution in [0, 0.1) is 12.7 Å². The first-order valence-corrected chi connectivity index (χ1v) is 6.00. The van der Waals surface area contributed by atoms with Gasteiger partial charge in [-0.3, -0.25) is 4.79 Å². The van der Waals surface area contributed by atoms with Gasteiger partial charge in [-0.05, 0) is 39.3 Å². The quantitative estimate of drug-likeness (QED) is 0.837. The highest BCUT2D eigenvalue weighted by Gasteiger charge is 2.15. The van der Waals surface area contributed by atoms with E-state index in [1.807, 2.05) is 20.8 Å². The van der Waals surface area contributed by atoms with Crippen LogP contribution in [0.3, 0.4) is 0 Å². The SMILES string of the molecule is Cc1cccc(NCCC(=O)OC(C)(C)C)c1F. The van der Waals surface area contributed by atoms with Crippen LogP contribution in [-0.4, -0.2) is 18.1 Å². The largest absolute Gasteiger partial charge is 0.460 e. The van der Waals surface area contributed by atoms with E-state index in [1.54, 1.807) is 25.1 Å². The van der Waals surface area contributed by atoms with Gasteiger partial charge < -0.3 is 10.1 Å². The Labute approximate surface area is 107 Å². The van der Waals surface area contributed by atoms with Gasteiger partial charge in [-0.15, -0.1) is 0 Å². The number of benzene rings is 1. The fourth-order valence-corrected chi connectivity index (χ4v) is 1.48. The molecule has 0 aromatic heterocycles. The molecule has 0 bridgehead atoms. The molecule has 0 saturated carbocycles. The number of halogens is 1. The van der Waals surface area contributed by atoms with Crippen molar-refractivity contribution in [3.63, 3.8) is 0 Å². The first-order valence-electron chi connectivity index (χ1n) is 6.00. The van der Waals surface area contributed by atoms with Crippen LogP contribution in [0.2, 0.25) is 0 Å². The molecule has 1 rings (SSSR count). The summed E-state index contributed by atoms with van der Waals surface area (Å²) in [6.07, 6.45) is 0.213. The number of carbonyl (C=O) groups excluding carboxylic acids is 1. The molecular formula is C14H20FNO2. The molecule has 3 nitrogen and oxygen atoms in total. The Bertz CT molecular complexity index is 424. The zero-order valence-corrected chi connectivity index (χ0v) is 11.3. The van der Waals surface area contributed by atoms with Crippen molar-refractivity contribution in [3.05, 3.63) is 29.6 Å². The van der Waals surface area contributed by atoms with Gasteiger partial charge in [-0.2, -0.15) is 0 Å². The molecule has 0 saturated heterocycles. The Morgan fingerprint density at radius 2 is 2.06 bits per heavy atom. The van der Waals surface area contributed by atoms with Crippen molar-refractivity contribution < 1.29 is 13.9 Å². The maximum Gasteiger partial charge on any atom is 0.308 e. The lowest BCUT2D eigenvalue weighted by Crippen LogP contribution is -2.25. The van der Waals surface area contributed by atoms with Crippen LogP contribution in [-0.2, 0) is 9.53 Å². The molecular weight excluding hydrogens is 233 g/mol. The second-order valence-corrected chi connectivity index (χ2v) is 5.20. The average Bonchev–Trinajstić information content (AvgIpc) is 2.21. The van der Waals surface area contributed by atoms with Gasteiger partial charge in [0.05, 0.1) is 12.1 Å². The van der Waals surface area contributed by atoms with Crippen LogP contribution in [0.4, 0.5) is 10.1 Å². The topological polar surface area (TPSA) is 38.3 Å². The maximum absolute atomic E-state index is 13.6. The molecule has 100 valence electrons. The molecule has 1 aromatic rings. The highest BCUT2D eigenvalue weighted by molar-refractivity contribution is 5.70. The summed E-state index contributed by atoms with van der Waals surface area (Å²) in [6, 6.07) is 5.13. The lowest BCUT2D eigenvalue weighted by molar-refractivity contribution is -0.154. The summed E-state index contributed by atoms with van der Waals surface area (Å²) in [7, 11) is 0. The van der Waals surface area contributed by atoms with Gasteiger partial charge in [0.15, 0.2) is 0 Å². The van der Waals surface area contributed by atoms with E-state index in [9.17, 15) is 9.18 Å². The fraction of sp³-hybridized carbons (Fsp3) is 0.500. The minimum Gasteiger partial charge on any atom is -0.460 e. The highest BCUT2D eigenvalue weighted by Crippen LogP contribution is 2.17. The monoisotopic (exact) mass is 253 g/mol. The van der Waals surface area contributed by atoms with E-state index in [2.05, 4.69) is 5.32 Å². The van der Waals surface area contributed by atoms with Gasteiger partial charge in [0, 0.05) is 6.54 Å². The predicted octanol–water partition coefficient (Wildman–Crippen LogP) is 3.28. The summed E-state index contributed by atoms with van der Waals surface area (Å²) in [6.45, 7) is 7.51. The number of hydrogen-bond donors (Lipinski definition) is 1. The van der Waals surface area contributed by atoms with Crippen LogP contribution in [0.1, 0.15) is 32.8 Å². The zero-order chi connectivity index (χ0) is 13.8. The average molecular weight is 253 g/mol.